The van der Waals surface area contributed by atoms with Crippen molar-refractivity contribution in [1.82, 2.24) is 0 Å². The van der Waals surface area contributed by atoms with Crippen LogP contribution in [0.4, 0.5) is 0 Å². The first-order valence-electron chi connectivity index (χ1n) is 21.8. The molecular formula is C49H82O4. The zero-order chi connectivity index (χ0) is 38.4. The molecule has 0 spiro atoms. The Balaban J connectivity index is 3.55. The Morgan fingerprint density at radius 3 is 1.28 bits per heavy atom. The Morgan fingerprint density at radius 1 is 0.472 bits per heavy atom. The number of hydrogen-bond acceptors (Lipinski definition) is 4. The molecule has 0 heterocycles. The molecule has 0 aliphatic carbocycles. The molecule has 0 rings (SSSR count). The maximum Gasteiger partial charge on any atom is 0.306 e. The van der Waals surface area contributed by atoms with Crippen molar-refractivity contribution in [2.45, 2.75) is 187 Å². The maximum absolute atomic E-state index is 12.2. The predicted molar refractivity (Wildman–Crippen MR) is 232 cm³/mol. The van der Waals surface area contributed by atoms with Gasteiger partial charge in [0.25, 0.3) is 0 Å². The number of hydrogen-bond donors (Lipinski definition) is 1. The van der Waals surface area contributed by atoms with Gasteiger partial charge in [-0.2, -0.15) is 0 Å². The maximum atomic E-state index is 12.2. The summed E-state index contributed by atoms with van der Waals surface area (Å²) in [5.41, 5.74) is 0. The highest BCUT2D eigenvalue weighted by Gasteiger charge is 2.13. The first-order valence-corrected chi connectivity index (χ1v) is 21.8. The summed E-state index contributed by atoms with van der Waals surface area (Å²) in [6, 6.07) is 0. The lowest BCUT2D eigenvalue weighted by Crippen LogP contribution is -2.27. The molecule has 0 aromatic rings. The van der Waals surface area contributed by atoms with Crippen molar-refractivity contribution >= 4 is 5.97 Å². The van der Waals surface area contributed by atoms with Crippen molar-refractivity contribution in [3.63, 3.8) is 0 Å². The molecule has 1 atom stereocenters. The molecular weight excluding hydrogens is 653 g/mol. The molecule has 0 saturated carbocycles. The summed E-state index contributed by atoms with van der Waals surface area (Å²) < 4.78 is 11.1. The third-order valence-corrected chi connectivity index (χ3v) is 8.91. The smallest absolute Gasteiger partial charge is 0.306 e. The zero-order valence-electron chi connectivity index (χ0n) is 34.5. The summed E-state index contributed by atoms with van der Waals surface area (Å²) in [5.74, 6) is -0.233. The summed E-state index contributed by atoms with van der Waals surface area (Å²) in [7, 11) is 0. The number of carbonyl (C=O) groups is 1. The van der Waals surface area contributed by atoms with Crippen LogP contribution < -0.4 is 0 Å². The van der Waals surface area contributed by atoms with E-state index in [4.69, 9.17) is 9.47 Å². The zero-order valence-corrected chi connectivity index (χ0v) is 34.5. The molecule has 0 bridgehead atoms. The Morgan fingerprint density at radius 2 is 0.849 bits per heavy atom. The average molecular weight is 735 g/mol. The van der Waals surface area contributed by atoms with Crippen molar-refractivity contribution in [3.05, 3.63) is 97.2 Å². The van der Waals surface area contributed by atoms with Crippen molar-refractivity contribution in [1.29, 1.82) is 0 Å². The molecule has 0 radical (unpaired) electrons. The summed E-state index contributed by atoms with van der Waals surface area (Å²) in [6.07, 6.45) is 64.9. The van der Waals surface area contributed by atoms with Gasteiger partial charge in [0, 0.05) is 6.42 Å². The summed E-state index contributed by atoms with van der Waals surface area (Å²) in [5, 5.41) is 9.59. The first kappa shape index (κ1) is 50.3. The highest BCUT2D eigenvalue weighted by molar-refractivity contribution is 5.69. The lowest BCUT2D eigenvalue weighted by molar-refractivity contribution is -0.154. The molecule has 0 fully saturated rings. The van der Waals surface area contributed by atoms with Crippen LogP contribution in [0.15, 0.2) is 97.2 Å². The van der Waals surface area contributed by atoms with Gasteiger partial charge in [-0.05, 0) is 83.5 Å². The summed E-state index contributed by atoms with van der Waals surface area (Å²) in [4.78, 5) is 12.2. The fraction of sp³-hybridized carbons (Fsp3) is 0.653. The van der Waals surface area contributed by atoms with Crippen LogP contribution in [-0.4, -0.2) is 37.0 Å². The van der Waals surface area contributed by atoms with Gasteiger partial charge in [-0.25, -0.2) is 0 Å². The predicted octanol–water partition coefficient (Wildman–Crippen LogP) is 14.5. The Hall–Kier alpha value is -2.69. The van der Waals surface area contributed by atoms with Gasteiger partial charge in [0.15, 0.2) is 0 Å². The van der Waals surface area contributed by atoms with E-state index in [1.54, 1.807) is 0 Å². The van der Waals surface area contributed by atoms with Gasteiger partial charge in [0.2, 0.25) is 0 Å². The van der Waals surface area contributed by atoms with Crippen molar-refractivity contribution in [3.8, 4) is 0 Å². The van der Waals surface area contributed by atoms with Gasteiger partial charge in [-0.15, -0.1) is 0 Å². The molecule has 4 heteroatoms. The minimum atomic E-state index is -0.582. The number of ether oxygens (including phenoxy) is 2. The van der Waals surface area contributed by atoms with Crippen LogP contribution in [0.3, 0.4) is 0 Å². The fourth-order valence-corrected chi connectivity index (χ4v) is 5.69. The topological polar surface area (TPSA) is 55.8 Å². The number of carbonyl (C=O) groups excluding carboxylic acids is 1. The van der Waals surface area contributed by atoms with Crippen LogP contribution in [0.2, 0.25) is 0 Å². The lowest BCUT2D eigenvalue weighted by Gasteiger charge is -2.15. The third kappa shape index (κ3) is 43.6. The van der Waals surface area contributed by atoms with Crippen LogP contribution >= 0.6 is 0 Å². The second kappa shape index (κ2) is 45.5. The molecule has 0 saturated heterocycles. The van der Waals surface area contributed by atoms with Crippen molar-refractivity contribution in [2.75, 3.05) is 19.8 Å². The Bertz CT molecular complexity index is 996. The number of allylic oxidation sites excluding steroid dienone is 15. The lowest BCUT2D eigenvalue weighted by atomic mass is 10.0. The molecule has 0 amide bonds. The minimum absolute atomic E-state index is 0.209. The minimum Gasteiger partial charge on any atom is -0.457 e. The van der Waals surface area contributed by atoms with Crippen LogP contribution in [0.1, 0.15) is 181 Å². The molecule has 4 nitrogen and oxygen atoms in total. The molecule has 1 unspecified atom stereocenters. The molecule has 0 aromatic heterocycles. The van der Waals surface area contributed by atoms with Crippen molar-refractivity contribution < 1.29 is 19.4 Å². The Labute approximate surface area is 328 Å². The fourth-order valence-electron chi connectivity index (χ4n) is 5.69. The van der Waals surface area contributed by atoms with Gasteiger partial charge in [0.1, 0.15) is 6.10 Å². The molecule has 53 heavy (non-hydrogen) atoms. The van der Waals surface area contributed by atoms with E-state index in [1.165, 1.54) is 96.3 Å². The first-order chi connectivity index (χ1) is 26.2. The average Bonchev–Trinajstić information content (AvgIpc) is 3.16. The molecule has 0 aliphatic rings. The number of esters is 1. The Kier molecular flexibility index (Phi) is 43.2. The number of aliphatic hydroxyl groups excluding tert-OH is 1. The number of aliphatic hydroxyl groups is 1. The van der Waals surface area contributed by atoms with E-state index >= 15 is 0 Å². The molecule has 302 valence electrons. The van der Waals surface area contributed by atoms with E-state index in [2.05, 4.69) is 111 Å². The third-order valence-electron chi connectivity index (χ3n) is 8.91. The van der Waals surface area contributed by atoms with E-state index in [0.717, 1.165) is 64.2 Å². The second-order valence-electron chi connectivity index (χ2n) is 14.0. The van der Waals surface area contributed by atoms with Gasteiger partial charge in [-0.3, -0.25) is 4.79 Å². The van der Waals surface area contributed by atoms with E-state index in [1.807, 2.05) is 0 Å². The van der Waals surface area contributed by atoms with E-state index in [-0.39, 0.29) is 19.2 Å². The van der Waals surface area contributed by atoms with Gasteiger partial charge < -0.3 is 14.6 Å². The van der Waals surface area contributed by atoms with E-state index in [0.29, 0.717) is 13.0 Å². The van der Waals surface area contributed by atoms with Crippen LogP contribution in [-0.2, 0) is 14.3 Å². The monoisotopic (exact) mass is 735 g/mol. The second-order valence-corrected chi connectivity index (χ2v) is 14.0. The number of unbranched alkanes of at least 4 members (excludes halogenated alkanes) is 15. The molecule has 0 aliphatic heterocycles. The van der Waals surface area contributed by atoms with Gasteiger partial charge in [-0.1, -0.05) is 188 Å². The normalized spacial score (nSPS) is 13.3. The standard InChI is InChI=1S/C49H82O4/c1-3-5-7-9-11-13-15-17-19-21-22-23-24-25-26-27-28-29-30-32-34-36-38-40-42-44-49(51)53-48(46-50)47-52-45-43-41-39-37-35-33-31-20-18-16-14-12-10-8-6-4-2/h6,8,12,14-15,17-18,20-22,24-25,33,35,39,41,48,50H,3-5,7,9-11,13,16,19,23,26-32,34,36-38,40,42-47H2,1-2H3/b8-6-,14-12-,17-15-,20-18-,22-21-,25-24-,35-33-,41-39-. The summed E-state index contributed by atoms with van der Waals surface area (Å²) in [6.45, 7) is 5.00. The summed E-state index contributed by atoms with van der Waals surface area (Å²) >= 11 is 0. The van der Waals surface area contributed by atoms with Crippen LogP contribution in [0, 0.1) is 0 Å². The van der Waals surface area contributed by atoms with Gasteiger partial charge in [0.05, 0.1) is 19.8 Å². The van der Waals surface area contributed by atoms with Gasteiger partial charge >= 0.3 is 5.97 Å². The highest BCUT2D eigenvalue weighted by atomic mass is 16.6. The highest BCUT2D eigenvalue weighted by Crippen LogP contribution is 2.13. The van der Waals surface area contributed by atoms with Crippen LogP contribution in [0.5, 0.6) is 0 Å². The molecule has 0 aromatic carbocycles. The molecule has 1 N–H and O–H groups in total. The number of rotatable bonds is 39. The van der Waals surface area contributed by atoms with Crippen molar-refractivity contribution in [2.24, 2.45) is 0 Å². The van der Waals surface area contributed by atoms with E-state index < -0.39 is 6.10 Å². The largest absolute Gasteiger partial charge is 0.457 e. The quantitative estimate of drug-likeness (QED) is 0.0388. The SMILES string of the molecule is CC/C=C\C/C=C\C/C=C\C/C=C\C/C=C\CCOCC(CO)OC(=O)CCCCCCCCCCCC/C=C\C/C=C\C/C=C\CCCCCCC. The van der Waals surface area contributed by atoms with Crippen LogP contribution in [0.25, 0.3) is 0 Å². The van der Waals surface area contributed by atoms with E-state index in [9.17, 15) is 9.90 Å².